The van der Waals surface area contributed by atoms with Crippen LogP contribution >= 0.6 is 11.3 Å². The number of amides is 1. The van der Waals surface area contributed by atoms with Crippen molar-refractivity contribution < 1.29 is 14.3 Å². The molecule has 0 aliphatic heterocycles. The zero-order valence-electron chi connectivity index (χ0n) is 20.2. The van der Waals surface area contributed by atoms with E-state index in [0.717, 1.165) is 29.9 Å². The van der Waals surface area contributed by atoms with Gasteiger partial charge in [0.05, 0.1) is 13.2 Å². The van der Waals surface area contributed by atoms with Gasteiger partial charge in [-0.3, -0.25) is 4.79 Å². The summed E-state index contributed by atoms with van der Waals surface area (Å²) in [6, 6.07) is 6.69. The highest BCUT2D eigenvalue weighted by Gasteiger charge is 2.58. The van der Waals surface area contributed by atoms with Crippen LogP contribution in [0.25, 0.3) is 0 Å². The Balaban J connectivity index is 1.34. The third-order valence-electron chi connectivity index (χ3n) is 8.88. The van der Waals surface area contributed by atoms with E-state index in [0.29, 0.717) is 35.2 Å². The maximum absolute atomic E-state index is 12.7. The van der Waals surface area contributed by atoms with E-state index in [9.17, 15) is 4.79 Å². The fourth-order valence-corrected chi connectivity index (χ4v) is 8.17. The van der Waals surface area contributed by atoms with E-state index in [1.165, 1.54) is 41.7 Å². The van der Waals surface area contributed by atoms with Gasteiger partial charge in [0.25, 0.3) is 0 Å². The molecule has 3 aliphatic carbocycles. The molecule has 1 aromatic heterocycles. The lowest BCUT2D eigenvalue weighted by atomic mass is 9.53. The molecule has 1 amide bonds. The molecular formula is C27H36N2O3S. The Morgan fingerprint density at radius 1 is 1.30 bits per heavy atom. The number of aryl methyl sites for hydroxylation is 2. The topological polar surface area (TPSA) is 60.5 Å². The summed E-state index contributed by atoms with van der Waals surface area (Å²) in [7, 11) is 3.63. The van der Waals surface area contributed by atoms with Crippen LogP contribution in [-0.2, 0) is 16.0 Å². The van der Waals surface area contributed by atoms with Crippen LogP contribution in [0.1, 0.15) is 67.4 Å². The van der Waals surface area contributed by atoms with Crippen LogP contribution in [0.3, 0.4) is 0 Å². The number of fused-ring (bicyclic) bond motifs is 5. The minimum atomic E-state index is 0.0837. The molecule has 2 fully saturated rings. The zero-order valence-corrected chi connectivity index (χ0v) is 21.0. The van der Waals surface area contributed by atoms with Crippen molar-refractivity contribution in [3.05, 3.63) is 40.4 Å². The molecule has 178 valence electrons. The number of aromatic nitrogens is 1. The molecule has 0 saturated heterocycles. The number of nitrogens with zero attached hydrogens (tertiary/aromatic N) is 1. The number of methoxy groups -OCH3 is 2. The second-order valence-corrected chi connectivity index (χ2v) is 11.8. The maximum atomic E-state index is 12.7. The summed E-state index contributed by atoms with van der Waals surface area (Å²) in [6.45, 7) is 4.47. The summed E-state index contributed by atoms with van der Waals surface area (Å²) < 4.78 is 11.6. The average molecular weight is 469 g/mol. The van der Waals surface area contributed by atoms with Crippen molar-refractivity contribution >= 4 is 22.4 Å². The lowest BCUT2D eigenvalue weighted by Gasteiger charge is -2.52. The number of thiazole rings is 1. The molecule has 2 aromatic rings. The molecule has 6 heteroatoms. The molecule has 0 bridgehead atoms. The Labute approximate surface area is 201 Å². The highest BCUT2D eigenvalue weighted by molar-refractivity contribution is 7.15. The van der Waals surface area contributed by atoms with Crippen LogP contribution in [-0.4, -0.2) is 31.2 Å². The average Bonchev–Trinajstić information content (AvgIpc) is 3.36. The summed E-state index contributed by atoms with van der Waals surface area (Å²) >= 11 is 1.53. The molecule has 1 N–H and O–H groups in total. The van der Waals surface area contributed by atoms with Crippen LogP contribution in [0.15, 0.2) is 24.4 Å². The first-order valence-corrected chi connectivity index (χ1v) is 13.2. The summed E-state index contributed by atoms with van der Waals surface area (Å²) in [5.74, 6) is 3.46. The predicted molar refractivity (Wildman–Crippen MR) is 132 cm³/mol. The van der Waals surface area contributed by atoms with E-state index in [1.807, 2.05) is 20.2 Å². The number of anilines is 1. The van der Waals surface area contributed by atoms with Gasteiger partial charge in [-0.05, 0) is 97.8 Å². The van der Waals surface area contributed by atoms with Crippen LogP contribution in [0, 0.1) is 30.1 Å². The Morgan fingerprint density at radius 3 is 2.88 bits per heavy atom. The Hall–Kier alpha value is -1.92. The van der Waals surface area contributed by atoms with Crippen molar-refractivity contribution in [2.45, 2.75) is 70.8 Å². The number of nitrogens with one attached hydrogen (secondary N) is 1. The minimum Gasteiger partial charge on any atom is -0.497 e. The van der Waals surface area contributed by atoms with Gasteiger partial charge in [-0.2, -0.15) is 0 Å². The second kappa shape index (κ2) is 9.03. The summed E-state index contributed by atoms with van der Waals surface area (Å²) in [5, 5.41) is 3.71. The van der Waals surface area contributed by atoms with Crippen LogP contribution in [0.5, 0.6) is 5.75 Å². The van der Waals surface area contributed by atoms with Crippen LogP contribution < -0.4 is 10.1 Å². The highest BCUT2D eigenvalue weighted by Crippen LogP contribution is 2.64. The second-order valence-electron chi connectivity index (χ2n) is 10.5. The number of benzene rings is 1. The van der Waals surface area contributed by atoms with Gasteiger partial charge in [-0.15, -0.1) is 11.3 Å². The number of hydrogen-bond acceptors (Lipinski definition) is 5. The van der Waals surface area contributed by atoms with Gasteiger partial charge >= 0.3 is 0 Å². The van der Waals surface area contributed by atoms with E-state index in [-0.39, 0.29) is 17.4 Å². The van der Waals surface area contributed by atoms with Crippen molar-refractivity contribution in [1.29, 1.82) is 0 Å². The smallest absolute Gasteiger partial charge is 0.226 e. The molecule has 2 saturated carbocycles. The summed E-state index contributed by atoms with van der Waals surface area (Å²) in [4.78, 5) is 18.1. The standard InChI is InChI=1S/C27H36N2O3S/c1-16-15-28-26(33-16)29-24(30)10-6-18-14-23(32-4)27(2)12-11-21-20-9-7-19(31-3)13-17(20)5-8-22(21)25(18)27/h7,9,13,15,18,21-23,25H,5-6,8,10-12,14H2,1-4H3,(H,28,29,30). The Kier molecular flexibility index (Phi) is 6.25. The van der Waals surface area contributed by atoms with Crippen molar-refractivity contribution in [1.82, 2.24) is 4.98 Å². The molecule has 6 atom stereocenters. The molecule has 33 heavy (non-hydrogen) atoms. The van der Waals surface area contributed by atoms with Crippen molar-refractivity contribution in [2.24, 2.45) is 23.2 Å². The van der Waals surface area contributed by atoms with E-state index >= 15 is 0 Å². The number of carbonyl (C=O) groups excluding carboxylic acids is 1. The molecule has 3 aliphatic rings. The Morgan fingerprint density at radius 2 is 2.15 bits per heavy atom. The van der Waals surface area contributed by atoms with Gasteiger partial charge in [0, 0.05) is 24.6 Å². The van der Waals surface area contributed by atoms with E-state index in [4.69, 9.17) is 9.47 Å². The summed E-state index contributed by atoms with van der Waals surface area (Å²) in [5.41, 5.74) is 3.20. The van der Waals surface area contributed by atoms with Gasteiger partial charge in [-0.1, -0.05) is 13.0 Å². The monoisotopic (exact) mass is 468 g/mol. The van der Waals surface area contributed by atoms with Gasteiger partial charge < -0.3 is 14.8 Å². The first-order valence-electron chi connectivity index (χ1n) is 12.3. The molecule has 5 nitrogen and oxygen atoms in total. The number of carbonyl (C=O) groups is 1. The number of rotatable bonds is 6. The third kappa shape index (κ3) is 4.10. The van der Waals surface area contributed by atoms with E-state index in [2.05, 4.69) is 35.4 Å². The molecule has 6 unspecified atom stereocenters. The first-order chi connectivity index (χ1) is 15.9. The van der Waals surface area contributed by atoms with Crippen molar-refractivity contribution in [3.63, 3.8) is 0 Å². The molecule has 0 spiro atoms. The molecular weight excluding hydrogens is 432 g/mol. The lowest BCUT2D eigenvalue weighted by Crippen LogP contribution is -2.45. The van der Waals surface area contributed by atoms with E-state index < -0.39 is 0 Å². The first kappa shape index (κ1) is 22.9. The molecule has 1 heterocycles. The van der Waals surface area contributed by atoms with Crippen LogP contribution in [0.2, 0.25) is 0 Å². The predicted octanol–water partition coefficient (Wildman–Crippen LogP) is 5.98. The normalized spacial score (nSPS) is 32.5. The van der Waals surface area contributed by atoms with Gasteiger partial charge in [-0.25, -0.2) is 4.98 Å². The van der Waals surface area contributed by atoms with Crippen LogP contribution in [0.4, 0.5) is 5.13 Å². The Bertz CT molecular complexity index is 1020. The van der Waals surface area contributed by atoms with E-state index in [1.54, 1.807) is 7.11 Å². The minimum absolute atomic E-state index is 0.0837. The van der Waals surface area contributed by atoms with Gasteiger partial charge in [0.15, 0.2) is 5.13 Å². The van der Waals surface area contributed by atoms with Crippen molar-refractivity contribution in [2.75, 3.05) is 19.5 Å². The number of hydrogen-bond donors (Lipinski definition) is 1. The number of ether oxygens (including phenoxy) is 2. The maximum Gasteiger partial charge on any atom is 0.226 e. The highest BCUT2D eigenvalue weighted by atomic mass is 32.1. The molecule has 1 aromatic carbocycles. The van der Waals surface area contributed by atoms with Gasteiger partial charge in [0.1, 0.15) is 5.75 Å². The fourth-order valence-electron chi connectivity index (χ4n) is 7.49. The largest absolute Gasteiger partial charge is 0.497 e. The molecule has 5 rings (SSSR count). The SMILES string of the molecule is COc1ccc2c(c1)CCC1C2CCC2(C)C(OC)CC(CCC(=O)Nc3ncc(C)s3)C12. The lowest BCUT2D eigenvalue weighted by molar-refractivity contribution is -0.116. The summed E-state index contributed by atoms with van der Waals surface area (Å²) in [6.07, 6.45) is 9.42. The third-order valence-corrected chi connectivity index (χ3v) is 9.71. The fraction of sp³-hybridized carbons (Fsp3) is 0.630. The van der Waals surface area contributed by atoms with Gasteiger partial charge in [0.2, 0.25) is 5.91 Å². The van der Waals surface area contributed by atoms with Crippen molar-refractivity contribution in [3.8, 4) is 5.75 Å². The molecule has 0 radical (unpaired) electrons. The zero-order chi connectivity index (χ0) is 23.2. The quantitative estimate of drug-likeness (QED) is 0.567.